The van der Waals surface area contributed by atoms with E-state index in [-0.39, 0.29) is 12.7 Å². The van der Waals surface area contributed by atoms with Crippen molar-refractivity contribution in [2.75, 3.05) is 20.3 Å². The van der Waals surface area contributed by atoms with Gasteiger partial charge in [-0.1, -0.05) is 12.1 Å². The van der Waals surface area contributed by atoms with E-state index < -0.39 is 5.97 Å². The summed E-state index contributed by atoms with van der Waals surface area (Å²) in [5.74, 6) is 0.735. The number of hydrogen-bond acceptors (Lipinski definition) is 5. The first-order valence-corrected chi connectivity index (χ1v) is 6.26. The molecule has 5 nitrogen and oxygen atoms in total. The first-order chi connectivity index (χ1) is 9.08. The summed E-state index contributed by atoms with van der Waals surface area (Å²) >= 11 is 0. The number of carbonyl (C=O) groups is 1. The van der Waals surface area contributed by atoms with Crippen molar-refractivity contribution in [2.45, 2.75) is 26.4 Å². The molecule has 0 unspecified atom stereocenters. The molecule has 1 aromatic rings. The molecule has 19 heavy (non-hydrogen) atoms. The van der Waals surface area contributed by atoms with Crippen LogP contribution in [0.4, 0.5) is 0 Å². The standard InChI is InChI=1S/C14H21NO4/c1-10(2)19-13(16)9-18-14-11(7-8-15)5-4-6-12(14)17-3/h4-6,10H,7-9,15H2,1-3H3. The maximum Gasteiger partial charge on any atom is 0.344 e. The van der Waals surface area contributed by atoms with Crippen molar-refractivity contribution in [3.63, 3.8) is 0 Å². The lowest BCUT2D eigenvalue weighted by Crippen LogP contribution is -2.19. The minimum absolute atomic E-state index is 0.143. The highest BCUT2D eigenvalue weighted by Gasteiger charge is 2.13. The zero-order valence-corrected chi connectivity index (χ0v) is 11.6. The van der Waals surface area contributed by atoms with Gasteiger partial charge in [0, 0.05) is 0 Å². The summed E-state index contributed by atoms with van der Waals surface area (Å²) in [4.78, 5) is 11.5. The normalized spacial score (nSPS) is 10.4. The van der Waals surface area contributed by atoms with E-state index in [9.17, 15) is 4.79 Å². The van der Waals surface area contributed by atoms with Gasteiger partial charge in [0.25, 0.3) is 0 Å². The van der Waals surface area contributed by atoms with E-state index in [1.807, 2.05) is 12.1 Å². The fraction of sp³-hybridized carbons (Fsp3) is 0.500. The molecule has 106 valence electrons. The lowest BCUT2D eigenvalue weighted by Gasteiger charge is -2.15. The number of esters is 1. The molecule has 1 aromatic carbocycles. The van der Waals surface area contributed by atoms with Crippen LogP contribution in [-0.2, 0) is 16.0 Å². The Balaban J connectivity index is 2.77. The van der Waals surface area contributed by atoms with Crippen LogP contribution in [0.15, 0.2) is 18.2 Å². The summed E-state index contributed by atoms with van der Waals surface area (Å²) in [5.41, 5.74) is 6.47. The highest BCUT2D eigenvalue weighted by molar-refractivity contribution is 5.71. The fourth-order valence-corrected chi connectivity index (χ4v) is 1.67. The van der Waals surface area contributed by atoms with Gasteiger partial charge < -0.3 is 19.9 Å². The highest BCUT2D eigenvalue weighted by atomic mass is 16.6. The van der Waals surface area contributed by atoms with Crippen molar-refractivity contribution in [1.82, 2.24) is 0 Å². The molecule has 0 aliphatic rings. The second-order valence-electron chi connectivity index (χ2n) is 4.31. The Morgan fingerprint density at radius 2 is 2.11 bits per heavy atom. The molecule has 0 fully saturated rings. The Hall–Kier alpha value is -1.75. The monoisotopic (exact) mass is 267 g/mol. The molecule has 0 aliphatic carbocycles. The first kappa shape index (κ1) is 15.3. The van der Waals surface area contributed by atoms with Crippen LogP contribution in [0.5, 0.6) is 11.5 Å². The zero-order chi connectivity index (χ0) is 14.3. The molecular formula is C14H21NO4. The maximum atomic E-state index is 11.5. The first-order valence-electron chi connectivity index (χ1n) is 6.26. The zero-order valence-electron chi connectivity index (χ0n) is 11.6. The van der Waals surface area contributed by atoms with Crippen LogP contribution in [-0.4, -0.2) is 32.3 Å². The van der Waals surface area contributed by atoms with E-state index >= 15 is 0 Å². The smallest absolute Gasteiger partial charge is 0.344 e. The molecular weight excluding hydrogens is 246 g/mol. The quantitative estimate of drug-likeness (QED) is 0.758. The second-order valence-corrected chi connectivity index (χ2v) is 4.31. The minimum Gasteiger partial charge on any atom is -0.493 e. The van der Waals surface area contributed by atoms with Crippen LogP contribution < -0.4 is 15.2 Å². The molecule has 0 radical (unpaired) electrons. The van der Waals surface area contributed by atoms with Crippen LogP contribution >= 0.6 is 0 Å². The van der Waals surface area contributed by atoms with Gasteiger partial charge in [0.2, 0.25) is 0 Å². The molecule has 0 aliphatic heterocycles. The number of para-hydroxylation sites is 1. The Labute approximate surface area is 113 Å². The molecule has 0 saturated heterocycles. The van der Waals surface area contributed by atoms with Crippen LogP contribution in [0, 0.1) is 0 Å². The topological polar surface area (TPSA) is 70.8 Å². The minimum atomic E-state index is -0.403. The van der Waals surface area contributed by atoms with Gasteiger partial charge in [-0.15, -0.1) is 0 Å². The van der Waals surface area contributed by atoms with Crippen molar-refractivity contribution < 1.29 is 19.0 Å². The molecule has 0 amide bonds. The van der Waals surface area contributed by atoms with Gasteiger partial charge >= 0.3 is 5.97 Å². The van der Waals surface area contributed by atoms with Gasteiger partial charge in [0.15, 0.2) is 18.1 Å². The summed E-state index contributed by atoms with van der Waals surface area (Å²) < 4.78 is 15.8. The van der Waals surface area contributed by atoms with Gasteiger partial charge in [0.05, 0.1) is 13.2 Å². The summed E-state index contributed by atoms with van der Waals surface area (Å²) in [6.07, 6.45) is 0.503. The Morgan fingerprint density at radius 3 is 2.68 bits per heavy atom. The van der Waals surface area contributed by atoms with Gasteiger partial charge in [-0.3, -0.25) is 0 Å². The number of methoxy groups -OCH3 is 1. The summed E-state index contributed by atoms with van der Waals surface area (Å²) in [5, 5.41) is 0. The lowest BCUT2D eigenvalue weighted by molar-refractivity contribution is -0.149. The average Bonchev–Trinajstić information content (AvgIpc) is 2.36. The fourth-order valence-electron chi connectivity index (χ4n) is 1.67. The van der Waals surface area contributed by atoms with E-state index in [1.54, 1.807) is 27.0 Å². The van der Waals surface area contributed by atoms with E-state index in [0.29, 0.717) is 24.5 Å². The predicted molar refractivity (Wildman–Crippen MR) is 72.5 cm³/mol. The summed E-state index contributed by atoms with van der Waals surface area (Å²) in [6.45, 7) is 3.94. The van der Waals surface area contributed by atoms with Gasteiger partial charge in [-0.05, 0) is 38.4 Å². The van der Waals surface area contributed by atoms with Crippen molar-refractivity contribution in [3.8, 4) is 11.5 Å². The number of benzene rings is 1. The van der Waals surface area contributed by atoms with E-state index in [2.05, 4.69) is 0 Å². The molecule has 1 rings (SSSR count). The Morgan fingerprint density at radius 1 is 1.37 bits per heavy atom. The van der Waals surface area contributed by atoms with E-state index in [0.717, 1.165) is 5.56 Å². The predicted octanol–water partition coefficient (Wildman–Crippen LogP) is 1.53. The van der Waals surface area contributed by atoms with Crippen LogP contribution in [0.3, 0.4) is 0 Å². The largest absolute Gasteiger partial charge is 0.493 e. The molecule has 0 spiro atoms. The van der Waals surface area contributed by atoms with E-state index in [4.69, 9.17) is 19.9 Å². The SMILES string of the molecule is COc1cccc(CCN)c1OCC(=O)OC(C)C. The molecule has 2 N–H and O–H groups in total. The van der Waals surface area contributed by atoms with Crippen LogP contribution in [0.2, 0.25) is 0 Å². The highest BCUT2D eigenvalue weighted by Crippen LogP contribution is 2.31. The number of hydrogen-bond donors (Lipinski definition) is 1. The number of carbonyl (C=O) groups excluding carboxylic acids is 1. The van der Waals surface area contributed by atoms with Crippen molar-refractivity contribution in [3.05, 3.63) is 23.8 Å². The molecule has 0 bridgehead atoms. The molecule has 0 atom stereocenters. The lowest BCUT2D eigenvalue weighted by atomic mass is 10.1. The van der Waals surface area contributed by atoms with Crippen LogP contribution in [0.1, 0.15) is 19.4 Å². The van der Waals surface area contributed by atoms with Crippen molar-refractivity contribution in [2.24, 2.45) is 5.73 Å². The van der Waals surface area contributed by atoms with Gasteiger partial charge in [-0.25, -0.2) is 4.79 Å². The van der Waals surface area contributed by atoms with Crippen molar-refractivity contribution >= 4 is 5.97 Å². The third-order valence-corrected chi connectivity index (χ3v) is 2.40. The third kappa shape index (κ3) is 4.79. The maximum absolute atomic E-state index is 11.5. The number of rotatable bonds is 7. The second kappa shape index (κ2) is 7.63. The summed E-state index contributed by atoms with van der Waals surface area (Å²) in [7, 11) is 1.56. The van der Waals surface area contributed by atoms with Gasteiger partial charge in [-0.2, -0.15) is 0 Å². The average molecular weight is 267 g/mol. The molecule has 5 heteroatoms. The van der Waals surface area contributed by atoms with Crippen LogP contribution in [0.25, 0.3) is 0 Å². The Kier molecular flexibility index (Phi) is 6.15. The van der Waals surface area contributed by atoms with E-state index in [1.165, 1.54) is 0 Å². The molecule has 0 saturated carbocycles. The molecule has 0 aromatic heterocycles. The molecule has 0 heterocycles. The number of ether oxygens (including phenoxy) is 3. The third-order valence-electron chi connectivity index (χ3n) is 2.40. The Bertz CT molecular complexity index is 418. The van der Waals surface area contributed by atoms with Crippen molar-refractivity contribution in [1.29, 1.82) is 0 Å². The van der Waals surface area contributed by atoms with Gasteiger partial charge in [0.1, 0.15) is 0 Å². The number of nitrogens with two attached hydrogens (primary N) is 1. The summed E-state index contributed by atoms with van der Waals surface area (Å²) in [6, 6.07) is 5.55.